The molecule has 3 rings (SSSR count). The number of rotatable bonds is 3. The molecule has 0 radical (unpaired) electrons. The molecule has 1 aromatic heterocycles. The van der Waals surface area contributed by atoms with Crippen molar-refractivity contribution in [2.75, 3.05) is 5.73 Å². The number of nitrogens with two attached hydrogens (primary N) is 1. The van der Waals surface area contributed by atoms with Crippen LogP contribution in [0.25, 0.3) is 11.4 Å². The van der Waals surface area contributed by atoms with Gasteiger partial charge in [0, 0.05) is 23.6 Å². The molecule has 0 spiro atoms. The van der Waals surface area contributed by atoms with Crippen molar-refractivity contribution in [2.24, 2.45) is 0 Å². The Labute approximate surface area is 129 Å². The predicted molar refractivity (Wildman–Crippen MR) is 82.9 cm³/mol. The first kappa shape index (κ1) is 13.9. The van der Waals surface area contributed by atoms with E-state index in [4.69, 9.17) is 5.73 Å². The maximum Gasteiger partial charge on any atom is 0.270 e. The summed E-state index contributed by atoms with van der Waals surface area (Å²) in [7, 11) is 0. The first-order valence-electron chi connectivity index (χ1n) is 6.55. The molecule has 21 heavy (non-hydrogen) atoms. The van der Waals surface area contributed by atoms with Gasteiger partial charge >= 0.3 is 0 Å². The second-order valence-electron chi connectivity index (χ2n) is 5.16. The first-order valence-corrected chi connectivity index (χ1v) is 7.35. The number of nitro benzene ring substituents is 1. The summed E-state index contributed by atoms with van der Waals surface area (Å²) >= 11 is 3.43. The van der Waals surface area contributed by atoms with E-state index in [1.807, 2.05) is 6.92 Å². The summed E-state index contributed by atoms with van der Waals surface area (Å²) in [6.07, 6.45) is 2.17. The van der Waals surface area contributed by atoms with E-state index in [9.17, 15) is 10.1 Å². The van der Waals surface area contributed by atoms with Crippen LogP contribution in [0.3, 0.4) is 0 Å². The molecule has 0 amide bonds. The molecule has 1 saturated carbocycles. The first-order chi connectivity index (χ1) is 9.97. The second-order valence-corrected chi connectivity index (χ2v) is 5.96. The summed E-state index contributed by atoms with van der Waals surface area (Å²) in [6.45, 7) is 1.87. The highest BCUT2D eigenvalue weighted by Gasteiger charge is 2.29. The molecule has 1 aromatic carbocycles. The number of anilines is 1. The lowest BCUT2D eigenvalue weighted by Gasteiger charge is -2.10. The zero-order valence-electron chi connectivity index (χ0n) is 11.3. The van der Waals surface area contributed by atoms with E-state index in [-0.39, 0.29) is 5.69 Å². The van der Waals surface area contributed by atoms with Crippen LogP contribution in [0, 0.1) is 17.0 Å². The fourth-order valence-electron chi connectivity index (χ4n) is 2.19. The third-order valence-electron chi connectivity index (χ3n) is 3.54. The highest BCUT2D eigenvalue weighted by atomic mass is 79.9. The number of aromatic nitrogens is 2. The summed E-state index contributed by atoms with van der Waals surface area (Å²) in [4.78, 5) is 19.3. The van der Waals surface area contributed by atoms with Gasteiger partial charge in [-0.05, 0) is 41.3 Å². The third-order valence-corrected chi connectivity index (χ3v) is 4.35. The van der Waals surface area contributed by atoms with Crippen LogP contribution in [-0.2, 0) is 0 Å². The second kappa shape index (κ2) is 5.07. The summed E-state index contributed by atoms with van der Waals surface area (Å²) in [5, 5.41) is 10.9. The van der Waals surface area contributed by atoms with Gasteiger partial charge in [-0.3, -0.25) is 10.1 Å². The van der Waals surface area contributed by atoms with Crippen LogP contribution in [0.15, 0.2) is 22.7 Å². The van der Waals surface area contributed by atoms with E-state index in [0.717, 1.165) is 28.6 Å². The van der Waals surface area contributed by atoms with Gasteiger partial charge in [-0.2, -0.15) is 0 Å². The lowest BCUT2D eigenvalue weighted by atomic mass is 10.1. The average Bonchev–Trinajstić information content (AvgIpc) is 3.26. The molecule has 108 valence electrons. The van der Waals surface area contributed by atoms with Crippen molar-refractivity contribution < 1.29 is 4.92 Å². The molecular formula is C14H13BrN4O2. The Morgan fingerprint density at radius 3 is 2.71 bits per heavy atom. The lowest BCUT2D eigenvalue weighted by molar-refractivity contribution is -0.384. The molecule has 1 aliphatic rings. The smallest absolute Gasteiger partial charge is 0.270 e. The van der Waals surface area contributed by atoms with Crippen molar-refractivity contribution in [3.63, 3.8) is 0 Å². The van der Waals surface area contributed by atoms with E-state index in [2.05, 4.69) is 25.9 Å². The Morgan fingerprint density at radius 1 is 1.38 bits per heavy atom. The fourth-order valence-corrected chi connectivity index (χ4v) is 2.70. The molecule has 2 N–H and O–H groups in total. The fraction of sp³-hybridized carbons (Fsp3) is 0.286. The maximum absolute atomic E-state index is 10.9. The Kier molecular flexibility index (Phi) is 3.36. The average molecular weight is 349 g/mol. The van der Waals surface area contributed by atoms with Gasteiger partial charge in [0.05, 0.1) is 15.1 Å². The number of non-ortho nitro benzene ring substituents is 1. The van der Waals surface area contributed by atoms with Gasteiger partial charge in [0.2, 0.25) is 0 Å². The molecule has 0 saturated heterocycles. The standard InChI is InChI=1S/C14H13BrN4O2/c1-7-2-5-9(19(20)21)6-10(7)14-17-12(8-3-4-8)11(15)13(16)18-14/h2,5-6,8H,3-4H2,1H3,(H2,16,17,18). The monoisotopic (exact) mass is 348 g/mol. The van der Waals surface area contributed by atoms with Crippen molar-refractivity contribution in [3.8, 4) is 11.4 Å². The van der Waals surface area contributed by atoms with Crippen LogP contribution >= 0.6 is 15.9 Å². The number of nitro groups is 1. The number of hydrogen-bond acceptors (Lipinski definition) is 5. The van der Waals surface area contributed by atoms with E-state index < -0.39 is 4.92 Å². The van der Waals surface area contributed by atoms with Crippen molar-refractivity contribution in [2.45, 2.75) is 25.7 Å². The predicted octanol–water partition coefficient (Wildman–Crippen LogP) is 3.58. The Bertz CT molecular complexity index is 744. The molecule has 0 bridgehead atoms. The Morgan fingerprint density at radius 2 is 2.10 bits per heavy atom. The van der Waals surface area contributed by atoms with Crippen LogP contribution in [-0.4, -0.2) is 14.9 Å². The number of benzene rings is 1. The van der Waals surface area contributed by atoms with Gasteiger partial charge in [-0.1, -0.05) is 6.07 Å². The van der Waals surface area contributed by atoms with E-state index in [1.165, 1.54) is 12.1 Å². The molecule has 1 fully saturated rings. The van der Waals surface area contributed by atoms with Crippen molar-refractivity contribution in [1.82, 2.24) is 9.97 Å². The quantitative estimate of drug-likeness (QED) is 0.675. The summed E-state index contributed by atoms with van der Waals surface area (Å²) in [5.74, 6) is 1.22. The molecular weight excluding hydrogens is 336 g/mol. The topological polar surface area (TPSA) is 94.9 Å². The highest BCUT2D eigenvalue weighted by molar-refractivity contribution is 9.10. The Hall–Kier alpha value is -2.02. The maximum atomic E-state index is 10.9. The zero-order chi connectivity index (χ0) is 15.1. The number of nitrogens with zero attached hydrogens (tertiary/aromatic N) is 3. The molecule has 0 atom stereocenters. The van der Waals surface area contributed by atoms with Gasteiger partial charge in [0.1, 0.15) is 5.82 Å². The van der Waals surface area contributed by atoms with Gasteiger partial charge in [0.15, 0.2) is 5.82 Å². The van der Waals surface area contributed by atoms with Crippen molar-refractivity contribution >= 4 is 27.4 Å². The van der Waals surface area contributed by atoms with Gasteiger partial charge in [-0.15, -0.1) is 0 Å². The normalized spacial score (nSPS) is 14.2. The van der Waals surface area contributed by atoms with E-state index >= 15 is 0 Å². The molecule has 6 nitrogen and oxygen atoms in total. The molecule has 0 aliphatic heterocycles. The molecule has 1 heterocycles. The van der Waals surface area contributed by atoms with Gasteiger partial charge in [0.25, 0.3) is 5.69 Å². The van der Waals surface area contributed by atoms with E-state index in [1.54, 1.807) is 6.07 Å². The largest absolute Gasteiger partial charge is 0.383 e. The van der Waals surface area contributed by atoms with Crippen LogP contribution < -0.4 is 5.73 Å². The summed E-state index contributed by atoms with van der Waals surface area (Å²) in [5.41, 5.74) is 8.38. The third kappa shape index (κ3) is 2.61. The lowest BCUT2D eigenvalue weighted by Crippen LogP contribution is -2.03. The molecule has 7 heteroatoms. The van der Waals surface area contributed by atoms with Crippen molar-refractivity contribution in [3.05, 3.63) is 44.0 Å². The minimum atomic E-state index is -0.424. The zero-order valence-corrected chi connectivity index (χ0v) is 12.9. The minimum absolute atomic E-state index is 0.0219. The molecule has 2 aromatic rings. The highest BCUT2D eigenvalue weighted by Crippen LogP contribution is 2.44. The summed E-state index contributed by atoms with van der Waals surface area (Å²) in [6, 6.07) is 4.67. The molecule has 0 unspecified atom stereocenters. The van der Waals surface area contributed by atoms with Crippen LogP contribution in [0.5, 0.6) is 0 Å². The Balaban J connectivity index is 2.16. The van der Waals surface area contributed by atoms with Gasteiger partial charge in [-0.25, -0.2) is 9.97 Å². The number of nitrogen functional groups attached to an aromatic ring is 1. The number of aryl methyl sites for hydroxylation is 1. The van der Waals surface area contributed by atoms with Gasteiger partial charge < -0.3 is 5.73 Å². The molecule has 1 aliphatic carbocycles. The van der Waals surface area contributed by atoms with Crippen molar-refractivity contribution in [1.29, 1.82) is 0 Å². The van der Waals surface area contributed by atoms with Crippen LogP contribution in [0.4, 0.5) is 11.5 Å². The van der Waals surface area contributed by atoms with E-state index in [0.29, 0.717) is 23.1 Å². The van der Waals surface area contributed by atoms with Crippen LogP contribution in [0.1, 0.15) is 30.0 Å². The number of hydrogen-bond donors (Lipinski definition) is 1. The summed E-state index contributed by atoms with van der Waals surface area (Å²) < 4.78 is 0.733. The SMILES string of the molecule is Cc1ccc([N+](=O)[O-])cc1-c1nc(N)c(Br)c(C2CC2)n1. The minimum Gasteiger partial charge on any atom is -0.383 e. The van der Waals surface area contributed by atoms with Crippen LogP contribution in [0.2, 0.25) is 0 Å². The number of halogens is 1.